The third-order valence-electron chi connectivity index (χ3n) is 4.25. The lowest BCUT2D eigenvalue weighted by atomic mass is 9.99. The van der Waals surface area contributed by atoms with Gasteiger partial charge in [0.1, 0.15) is 11.6 Å². The minimum Gasteiger partial charge on any atom is -0.497 e. The number of ether oxygens (including phenoxy) is 1. The van der Waals surface area contributed by atoms with E-state index in [1.54, 1.807) is 27.3 Å². The van der Waals surface area contributed by atoms with Gasteiger partial charge in [-0.3, -0.25) is 9.59 Å². The Labute approximate surface area is 175 Å². The van der Waals surface area contributed by atoms with Crippen molar-refractivity contribution < 1.29 is 18.7 Å². The fourth-order valence-electron chi connectivity index (χ4n) is 2.71. The molecule has 150 valence electrons. The van der Waals surface area contributed by atoms with Crippen LogP contribution in [0, 0.1) is 5.82 Å². The van der Waals surface area contributed by atoms with E-state index < -0.39 is 0 Å². The number of hydrogen-bond donors (Lipinski definition) is 2. The van der Waals surface area contributed by atoms with Gasteiger partial charge in [0.25, 0.3) is 5.24 Å². The van der Waals surface area contributed by atoms with E-state index in [1.807, 2.05) is 24.3 Å². The second-order valence-electron chi connectivity index (χ2n) is 6.40. The molecular weight excluding hydrogens is 399 g/mol. The van der Waals surface area contributed by atoms with Gasteiger partial charge in [0.15, 0.2) is 0 Å². The van der Waals surface area contributed by atoms with E-state index in [0.717, 1.165) is 21.8 Å². The van der Waals surface area contributed by atoms with Crippen molar-refractivity contribution in [2.24, 2.45) is 0 Å². The maximum atomic E-state index is 14.2. The molecule has 2 amide bonds. The van der Waals surface area contributed by atoms with Crippen LogP contribution in [0.4, 0.5) is 14.9 Å². The van der Waals surface area contributed by atoms with Gasteiger partial charge in [-0.2, -0.15) is 0 Å². The molecule has 1 aliphatic rings. The lowest BCUT2D eigenvalue weighted by Gasteiger charge is -2.30. The number of carbonyl (C=O) groups excluding carboxylic acids is 2. The number of fused-ring (bicyclic) bond motifs is 1. The molecule has 0 aromatic heterocycles. The van der Waals surface area contributed by atoms with Gasteiger partial charge in [0.05, 0.1) is 19.3 Å². The summed E-state index contributed by atoms with van der Waals surface area (Å²) in [5.41, 5.74) is 2.09. The summed E-state index contributed by atoms with van der Waals surface area (Å²) in [6.45, 7) is 0.337. The summed E-state index contributed by atoms with van der Waals surface area (Å²) >= 11 is 7.86. The Morgan fingerprint density at radius 2 is 1.79 bits per heavy atom. The summed E-state index contributed by atoms with van der Waals surface area (Å²) in [4.78, 5) is 25.8. The molecule has 1 aliphatic heterocycles. The SMILES string of the molecule is CN(C)C(=O)S.COc1ccc(CN2C(=O)CCc3c(S)ccc(F)c32)cc1. The van der Waals surface area contributed by atoms with Crippen molar-refractivity contribution in [3.8, 4) is 5.75 Å². The molecule has 0 fully saturated rings. The molecule has 0 saturated carbocycles. The van der Waals surface area contributed by atoms with Crippen LogP contribution in [-0.4, -0.2) is 37.3 Å². The number of thiol groups is 2. The molecule has 1 heterocycles. The van der Waals surface area contributed by atoms with Crippen LogP contribution in [0.15, 0.2) is 41.3 Å². The molecule has 0 unspecified atom stereocenters. The van der Waals surface area contributed by atoms with Crippen LogP contribution >= 0.6 is 25.3 Å². The van der Waals surface area contributed by atoms with Gasteiger partial charge in [-0.15, -0.1) is 12.6 Å². The lowest BCUT2D eigenvalue weighted by molar-refractivity contribution is -0.119. The number of carbonyl (C=O) groups is 2. The van der Waals surface area contributed by atoms with Crippen LogP contribution in [0.25, 0.3) is 0 Å². The van der Waals surface area contributed by atoms with Crippen LogP contribution in [0.5, 0.6) is 5.75 Å². The first-order valence-corrected chi connectivity index (χ1v) is 9.48. The van der Waals surface area contributed by atoms with E-state index in [1.165, 1.54) is 15.9 Å². The summed E-state index contributed by atoms with van der Waals surface area (Å²) < 4.78 is 19.4. The topological polar surface area (TPSA) is 49.9 Å². The van der Waals surface area contributed by atoms with Crippen molar-refractivity contribution in [1.29, 1.82) is 0 Å². The van der Waals surface area contributed by atoms with Crippen LogP contribution in [-0.2, 0) is 17.8 Å². The van der Waals surface area contributed by atoms with Gasteiger partial charge in [-0.25, -0.2) is 4.39 Å². The van der Waals surface area contributed by atoms with Gasteiger partial charge in [-0.1, -0.05) is 24.8 Å². The lowest BCUT2D eigenvalue weighted by Crippen LogP contribution is -2.35. The Bertz CT molecular complexity index is 857. The zero-order valence-electron chi connectivity index (χ0n) is 16.0. The molecule has 0 atom stereocenters. The quantitative estimate of drug-likeness (QED) is 0.729. The minimum absolute atomic E-state index is 0.0684. The second kappa shape index (κ2) is 9.84. The van der Waals surface area contributed by atoms with Crippen molar-refractivity contribution in [2.45, 2.75) is 24.3 Å². The number of nitrogens with zero attached hydrogens (tertiary/aromatic N) is 2. The number of anilines is 1. The summed E-state index contributed by atoms with van der Waals surface area (Å²) in [6.07, 6.45) is 0.907. The summed E-state index contributed by atoms with van der Waals surface area (Å²) in [7, 11) is 4.90. The first kappa shape index (κ1) is 22.1. The van der Waals surface area contributed by atoms with E-state index in [-0.39, 0.29) is 17.0 Å². The number of rotatable bonds is 3. The zero-order chi connectivity index (χ0) is 20.8. The van der Waals surface area contributed by atoms with Crippen molar-refractivity contribution in [1.82, 2.24) is 4.90 Å². The second-order valence-corrected chi connectivity index (χ2v) is 7.26. The molecule has 2 aromatic rings. The Balaban J connectivity index is 0.000000409. The Morgan fingerprint density at radius 3 is 2.32 bits per heavy atom. The van der Waals surface area contributed by atoms with Gasteiger partial charge >= 0.3 is 0 Å². The third kappa shape index (κ3) is 5.42. The van der Waals surface area contributed by atoms with E-state index >= 15 is 0 Å². The molecule has 0 radical (unpaired) electrons. The molecule has 3 rings (SSSR count). The average Bonchev–Trinajstić information content (AvgIpc) is 2.67. The maximum absolute atomic E-state index is 14.2. The molecular formula is C20H23FN2O3S2. The van der Waals surface area contributed by atoms with Gasteiger partial charge in [-0.05, 0) is 41.8 Å². The fraction of sp³-hybridized carbons (Fsp3) is 0.300. The maximum Gasteiger partial charge on any atom is 0.278 e. The molecule has 8 heteroatoms. The van der Waals surface area contributed by atoms with Crippen LogP contribution in [0.2, 0.25) is 0 Å². The van der Waals surface area contributed by atoms with E-state index in [4.69, 9.17) is 4.74 Å². The van der Waals surface area contributed by atoms with E-state index in [2.05, 4.69) is 25.3 Å². The zero-order valence-corrected chi connectivity index (χ0v) is 17.8. The Hall–Kier alpha value is -2.19. The summed E-state index contributed by atoms with van der Waals surface area (Å²) in [5, 5.41) is -0.213. The highest BCUT2D eigenvalue weighted by atomic mass is 32.1. The first-order chi connectivity index (χ1) is 13.2. The predicted octanol–water partition coefficient (Wildman–Crippen LogP) is 4.20. The minimum atomic E-state index is -0.380. The molecule has 5 nitrogen and oxygen atoms in total. The van der Waals surface area contributed by atoms with E-state index in [0.29, 0.717) is 25.1 Å². The van der Waals surface area contributed by atoms with E-state index in [9.17, 15) is 14.0 Å². The summed E-state index contributed by atoms with van der Waals surface area (Å²) in [6, 6.07) is 10.4. The highest BCUT2D eigenvalue weighted by Crippen LogP contribution is 2.35. The Morgan fingerprint density at radius 1 is 1.18 bits per heavy atom. The van der Waals surface area contributed by atoms with Crippen LogP contribution in [0.1, 0.15) is 17.5 Å². The van der Waals surface area contributed by atoms with Crippen molar-refractivity contribution in [3.63, 3.8) is 0 Å². The highest BCUT2D eigenvalue weighted by Gasteiger charge is 2.28. The average molecular weight is 423 g/mol. The van der Waals surface area contributed by atoms with Crippen molar-refractivity contribution in [2.75, 3.05) is 26.1 Å². The Kier molecular flexibility index (Phi) is 7.77. The molecule has 0 N–H and O–H groups in total. The van der Waals surface area contributed by atoms with Gasteiger partial charge in [0.2, 0.25) is 5.91 Å². The molecule has 2 aromatic carbocycles. The normalized spacial score (nSPS) is 12.6. The number of benzene rings is 2. The number of hydrogen-bond acceptors (Lipinski definition) is 4. The first-order valence-electron chi connectivity index (χ1n) is 8.58. The number of methoxy groups -OCH3 is 1. The molecule has 0 spiro atoms. The highest BCUT2D eigenvalue weighted by molar-refractivity contribution is 7.96. The monoisotopic (exact) mass is 422 g/mol. The number of halogens is 1. The standard InChI is InChI=1S/C17H16FNO2S.C3H7NOS/c1-21-12-4-2-11(3-5-12)10-19-16(20)9-6-13-15(22)8-7-14(18)17(13)19;1-4(2)3(5)6/h2-5,7-8,22H,6,9-10H2,1H3;1-2H3,(H,5,6). The third-order valence-corrected chi connectivity index (χ3v) is 5.07. The molecule has 28 heavy (non-hydrogen) atoms. The van der Waals surface area contributed by atoms with Crippen LogP contribution < -0.4 is 9.64 Å². The van der Waals surface area contributed by atoms with Gasteiger partial charge in [0, 0.05) is 25.4 Å². The molecule has 0 bridgehead atoms. The predicted molar refractivity (Wildman–Crippen MR) is 114 cm³/mol. The van der Waals surface area contributed by atoms with Crippen LogP contribution in [0.3, 0.4) is 0 Å². The fourth-order valence-corrected chi connectivity index (χ4v) is 3.00. The smallest absolute Gasteiger partial charge is 0.278 e. The molecule has 0 saturated heterocycles. The largest absolute Gasteiger partial charge is 0.497 e. The van der Waals surface area contributed by atoms with Crippen molar-refractivity contribution in [3.05, 3.63) is 53.3 Å². The molecule has 0 aliphatic carbocycles. The van der Waals surface area contributed by atoms with Crippen molar-refractivity contribution >= 4 is 42.1 Å². The summed E-state index contributed by atoms with van der Waals surface area (Å²) in [5.74, 6) is 0.299. The number of amides is 2. The van der Waals surface area contributed by atoms with Gasteiger partial charge < -0.3 is 14.5 Å².